The number of hydrogen-bond donors (Lipinski definition) is 1. The van der Waals surface area contributed by atoms with Gasteiger partial charge in [-0.25, -0.2) is 17.6 Å². The Labute approximate surface area is 180 Å². The van der Waals surface area contributed by atoms with E-state index >= 15 is 0 Å². The highest BCUT2D eigenvalue weighted by Gasteiger charge is 2.24. The summed E-state index contributed by atoms with van der Waals surface area (Å²) >= 11 is 0. The number of aromatic nitrogens is 4. The molecule has 10 heteroatoms. The maximum absolute atomic E-state index is 15.0. The van der Waals surface area contributed by atoms with E-state index in [2.05, 4.69) is 27.0 Å². The topological polar surface area (TPSA) is 66.5 Å². The van der Waals surface area contributed by atoms with E-state index in [4.69, 9.17) is 0 Å². The molecule has 2 aromatic carbocycles. The number of rotatable bonds is 4. The van der Waals surface area contributed by atoms with Crippen LogP contribution in [0.3, 0.4) is 0 Å². The maximum atomic E-state index is 15.0. The van der Waals surface area contributed by atoms with Crippen molar-refractivity contribution in [1.29, 1.82) is 0 Å². The van der Waals surface area contributed by atoms with Gasteiger partial charge >= 0.3 is 0 Å². The van der Waals surface area contributed by atoms with Crippen molar-refractivity contribution >= 4 is 28.2 Å². The minimum Gasteiger partial charge on any atom is -0.381 e. The molecule has 0 saturated carbocycles. The normalized spacial score (nSPS) is 12.2. The Kier molecular flexibility index (Phi) is 5.67. The smallest absolute Gasteiger partial charge is 0.257 e. The van der Waals surface area contributed by atoms with Gasteiger partial charge in [0.15, 0.2) is 0 Å². The summed E-state index contributed by atoms with van der Waals surface area (Å²) in [7, 11) is 0. The Morgan fingerprint density at radius 1 is 1.16 bits per heavy atom. The van der Waals surface area contributed by atoms with Gasteiger partial charge in [0.2, 0.25) is 0 Å². The Hall–Kier alpha value is -3.71. The number of nitrogens with zero attached hydrogens (tertiary/aromatic N) is 5. The van der Waals surface area contributed by atoms with Gasteiger partial charge < -0.3 is 10.0 Å². The number of benzene rings is 2. The Bertz CT molecular complexity index is 1370. The number of aliphatic hydroxyl groups excluding tert-OH is 1. The van der Waals surface area contributed by atoms with Gasteiger partial charge in [0, 0.05) is 11.3 Å². The molecule has 6 nitrogen and oxygen atoms in total. The predicted molar refractivity (Wildman–Crippen MR) is 111 cm³/mol. The average molecular weight is 443 g/mol. The van der Waals surface area contributed by atoms with Gasteiger partial charge in [0.1, 0.15) is 29.4 Å². The molecule has 0 aliphatic rings. The number of alkyl halides is 2. The van der Waals surface area contributed by atoms with Gasteiger partial charge in [-0.3, -0.25) is 4.40 Å². The molecule has 1 unspecified atom stereocenters. The van der Waals surface area contributed by atoms with Gasteiger partial charge in [-0.05, 0) is 44.2 Å². The van der Waals surface area contributed by atoms with E-state index in [9.17, 15) is 22.7 Å². The molecule has 1 N–H and O–H groups in total. The first kappa shape index (κ1) is 21.5. The molecule has 0 saturated heterocycles. The molecule has 0 spiro atoms. The van der Waals surface area contributed by atoms with Gasteiger partial charge in [-0.15, -0.1) is 10.2 Å². The van der Waals surface area contributed by atoms with Crippen molar-refractivity contribution in [2.24, 2.45) is 0 Å². The SMILES string of the molecule is Cc1nnc2nc(N(CC(F)F)c3cc(F)cc(C#CC(C)O)c3)c3c(F)cccc3n12. The average Bonchev–Trinajstić information content (AvgIpc) is 3.10. The fourth-order valence-electron chi connectivity index (χ4n) is 3.41. The number of aliphatic hydroxyl groups is 1. The molecular formula is C22H17F4N5O. The number of hydrogen-bond acceptors (Lipinski definition) is 5. The maximum Gasteiger partial charge on any atom is 0.257 e. The quantitative estimate of drug-likeness (QED) is 0.382. The first-order valence-corrected chi connectivity index (χ1v) is 9.60. The first-order valence-electron chi connectivity index (χ1n) is 9.60. The summed E-state index contributed by atoms with van der Waals surface area (Å²) < 4.78 is 58.0. The molecule has 4 rings (SSSR count). The number of fused-ring (bicyclic) bond motifs is 3. The van der Waals surface area contributed by atoms with Crippen molar-refractivity contribution in [1.82, 2.24) is 19.6 Å². The van der Waals surface area contributed by atoms with E-state index in [1.54, 1.807) is 13.0 Å². The Morgan fingerprint density at radius 2 is 1.94 bits per heavy atom. The number of anilines is 2. The van der Waals surface area contributed by atoms with Crippen molar-refractivity contribution < 1.29 is 22.7 Å². The number of halogens is 4. The van der Waals surface area contributed by atoms with Gasteiger partial charge in [0.05, 0.1) is 17.4 Å². The van der Waals surface area contributed by atoms with Crippen molar-refractivity contribution in [2.45, 2.75) is 26.4 Å². The van der Waals surface area contributed by atoms with Crippen LogP contribution >= 0.6 is 0 Å². The van der Waals surface area contributed by atoms with Crippen molar-refractivity contribution in [3.8, 4) is 11.8 Å². The third kappa shape index (κ3) is 4.07. The van der Waals surface area contributed by atoms with Crippen LogP contribution in [0.2, 0.25) is 0 Å². The van der Waals surface area contributed by atoms with Crippen LogP contribution in [0.25, 0.3) is 16.7 Å². The van der Waals surface area contributed by atoms with Crippen LogP contribution in [0.5, 0.6) is 0 Å². The summed E-state index contributed by atoms with van der Waals surface area (Å²) in [5.74, 6) is 4.01. The predicted octanol–water partition coefficient (Wildman–Crippen LogP) is 4.00. The summed E-state index contributed by atoms with van der Waals surface area (Å²) in [5, 5.41) is 17.2. The summed E-state index contributed by atoms with van der Waals surface area (Å²) in [5.41, 5.74) is 0.486. The minimum atomic E-state index is -2.84. The van der Waals surface area contributed by atoms with Crippen molar-refractivity contribution in [3.63, 3.8) is 0 Å². The van der Waals surface area contributed by atoms with E-state index in [1.807, 2.05) is 0 Å². The highest BCUT2D eigenvalue weighted by molar-refractivity contribution is 5.94. The molecule has 2 aromatic heterocycles. The molecular weight excluding hydrogens is 426 g/mol. The summed E-state index contributed by atoms with van der Waals surface area (Å²) in [4.78, 5) is 5.32. The highest BCUT2D eigenvalue weighted by Crippen LogP contribution is 2.34. The lowest BCUT2D eigenvalue weighted by Crippen LogP contribution is -2.26. The fraction of sp³-hybridized carbons (Fsp3) is 0.227. The largest absolute Gasteiger partial charge is 0.381 e. The van der Waals surface area contributed by atoms with Crippen LogP contribution in [-0.4, -0.2) is 43.8 Å². The van der Waals surface area contributed by atoms with E-state index in [0.29, 0.717) is 11.3 Å². The number of aryl methyl sites for hydroxylation is 1. The second-order valence-corrected chi connectivity index (χ2v) is 7.10. The fourth-order valence-corrected chi connectivity index (χ4v) is 3.41. The third-order valence-corrected chi connectivity index (χ3v) is 4.67. The van der Waals surface area contributed by atoms with E-state index in [-0.39, 0.29) is 28.2 Å². The highest BCUT2D eigenvalue weighted by atomic mass is 19.3. The van der Waals surface area contributed by atoms with Crippen LogP contribution in [0.1, 0.15) is 18.3 Å². The molecule has 0 fully saturated rings. The first-order chi connectivity index (χ1) is 15.2. The lowest BCUT2D eigenvalue weighted by molar-refractivity contribution is 0.158. The zero-order chi connectivity index (χ0) is 23.0. The molecule has 0 bridgehead atoms. The van der Waals surface area contributed by atoms with Crippen LogP contribution < -0.4 is 4.90 Å². The Morgan fingerprint density at radius 3 is 2.66 bits per heavy atom. The molecule has 4 aromatic rings. The third-order valence-electron chi connectivity index (χ3n) is 4.67. The van der Waals surface area contributed by atoms with Gasteiger partial charge in [-0.2, -0.15) is 4.98 Å². The van der Waals surface area contributed by atoms with Gasteiger partial charge in [-0.1, -0.05) is 17.9 Å². The standard InChI is InChI=1S/C22H17F4N5O/c1-12(32)6-7-14-8-15(23)10-16(9-14)30(11-19(25)26)21-20-17(24)4-3-5-18(20)31-13(2)28-29-22(31)27-21/h3-5,8-10,12,19,32H,11H2,1-2H3. The van der Waals surface area contributed by atoms with Crippen LogP contribution in [0.4, 0.5) is 29.1 Å². The zero-order valence-corrected chi connectivity index (χ0v) is 17.0. The summed E-state index contributed by atoms with van der Waals surface area (Å²) in [6.45, 7) is 2.21. The van der Waals surface area contributed by atoms with Crippen LogP contribution in [-0.2, 0) is 0 Å². The monoisotopic (exact) mass is 443 g/mol. The van der Waals surface area contributed by atoms with Crippen molar-refractivity contribution in [3.05, 3.63) is 59.4 Å². The second-order valence-electron chi connectivity index (χ2n) is 7.10. The molecule has 0 aliphatic heterocycles. The molecule has 1 atom stereocenters. The van der Waals surface area contributed by atoms with Crippen molar-refractivity contribution in [2.75, 3.05) is 11.4 Å². The van der Waals surface area contributed by atoms with E-state index < -0.39 is 30.7 Å². The molecule has 0 amide bonds. The van der Waals surface area contributed by atoms with E-state index in [0.717, 1.165) is 17.0 Å². The van der Waals surface area contributed by atoms with Crippen LogP contribution in [0, 0.1) is 30.4 Å². The molecule has 0 radical (unpaired) electrons. The zero-order valence-electron chi connectivity index (χ0n) is 17.0. The molecule has 2 heterocycles. The molecule has 164 valence electrons. The second kappa shape index (κ2) is 8.43. The van der Waals surface area contributed by atoms with E-state index in [1.165, 1.54) is 29.5 Å². The Balaban J connectivity index is 2.01. The summed E-state index contributed by atoms with van der Waals surface area (Å²) in [6.07, 6.45) is -3.80. The summed E-state index contributed by atoms with van der Waals surface area (Å²) in [6, 6.07) is 7.77. The van der Waals surface area contributed by atoms with Crippen LogP contribution in [0.15, 0.2) is 36.4 Å². The molecule has 0 aliphatic carbocycles. The minimum absolute atomic E-state index is 0.00201. The van der Waals surface area contributed by atoms with Gasteiger partial charge in [0.25, 0.3) is 12.2 Å². The molecule has 32 heavy (non-hydrogen) atoms. The lowest BCUT2D eigenvalue weighted by atomic mass is 10.1. The lowest BCUT2D eigenvalue weighted by Gasteiger charge is -2.25.